The summed E-state index contributed by atoms with van der Waals surface area (Å²) in [6.45, 7) is 0. The Morgan fingerprint density at radius 2 is 1.00 bits per heavy atom. The third-order valence-electron chi connectivity index (χ3n) is 0.620. The molecule has 0 aliphatic heterocycles. The van der Waals surface area contributed by atoms with Gasteiger partial charge in [-0.2, -0.15) is 12.6 Å². The molecule has 7 heteroatoms. The van der Waals surface area contributed by atoms with Gasteiger partial charge in [0.05, 0.1) is 5.25 Å². The van der Waals surface area contributed by atoms with Crippen LogP contribution < -0.4 is 0 Å². The van der Waals surface area contributed by atoms with Crippen molar-refractivity contribution >= 4 is 82.2 Å². The lowest BCUT2D eigenvalue weighted by molar-refractivity contribution is 0.920. The monoisotopic (exact) mass is 280 g/mol. The Morgan fingerprint density at radius 1 is 0.800 bits per heavy atom. The Hall–Kier alpha value is 2.09. The van der Waals surface area contributed by atoms with E-state index in [1.165, 1.54) is 0 Å². The fraction of sp³-hybridized carbons (Fsp3) is 1.00. The molecule has 0 unspecified atom stereocenters. The smallest absolute Gasteiger partial charge is 0.167 e. The largest absolute Gasteiger partial charge is 0.206 e. The first-order valence-electron chi connectivity index (χ1n) is 1.97. The lowest BCUT2D eigenvalue weighted by Gasteiger charge is -2.25. The van der Waals surface area contributed by atoms with Gasteiger partial charge >= 0.3 is 0 Å². The van der Waals surface area contributed by atoms with Gasteiger partial charge in [-0.1, -0.05) is 69.6 Å². The molecule has 0 nitrogen and oxygen atoms in total. The third-order valence-corrected chi connectivity index (χ3v) is 3.62. The highest BCUT2D eigenvalue weighted by Gasteiger charge is 2.43. The first-order chi connectivity index (χ1) is 4.15. The lowest BCUT2D eigenvalue weighted by Crippen LogP contribution is -2.32. The summed E-state index contributed by atoms with van der Waals surface area (Å²) in [5.74, 6) is 0. The molecule has 0 saturated carbocycles. The van der Waals surface area contributed by atoms with E-state index in [1.807, 2.05) is 0 Å². The molecule has 0 fully saturated rings. The van der Waals surface area contributed by atoms with E-state index in [0.717, 1.165) is 0 Å². The number of halogens is 6. The van der Waals surface area contributed by atoms with Crippen molar-refractivity contribution < 1.29 is 0 Å². The normalized spacial score (nSPS) is 14.4. The first-order valence-corrected chi connectivity index (χ1v) is 4.75. The van der Waals surface area contributed by atoms with Crippen LogP contribution in [0.2, 0.25) is 0 Å². The average Bonchev–Trinajstić information content (AvgIpc) is 1.59. The first kappa shape index (κ1) is 12.1. The molecule has 0 spiro atoms. The highest BCUT2D eigenvalue weighted by molar-refractivity contribution is 7.81. The maximum atomic E-state index is 5.37. The van der Waals surface area contributed by atoms with Gasteiger partial charge in [0.25, 0.3) is 0 Å². The van der Waals surface area contributed by atoms with Crippen molar-refractivity contribution in [3.63, 3.8) is 0 Å². The summed E-state index contributed by atoms with van der Waals surface area (Å²) >= 11 is 36.0. The minimum absolute atomic E-state index is 0.949. The second-order valence-corrected chi connectivity index (χ2v) is 6.74. The molecule has 0 heterocycles. The quantitative estimate of drug-likeness (QED) is 0.503. The van der Waals surface area contributed by atoms with Crippen LogP contribution in [0.3, 0.4) is 0 Å². The molecular weight excluding hydrogens is 281 g/mol. The van der Waals surface area contributed by atoms with Crippen molar-refractivity contribution in [1.29, 1.82) is 0 Å². The van der Waals surface area contributed by atoms with E-state index in [2.05, 4.69) is 12.6 Å². The van der Waals surface area contributed by atoms with Crippen LogP contribution in [-0.2, 0) is 0 Å². The van der Waals surface area contributed by atoms with Crippen LogP contribution in [0, 0.1) is 0 Å². The fourth-order valence-corrected chi connectivity index (χ4v) is 1.67. The predicted octanol–water partition coefficient (Wildman–Crippen LogP) is 4.03. The summed E-state index contributed by atoms with van der Waals surface area (Å²) in [7, 11) is 0. The number of rotatable bonds is 0. The second-order valence-electron chi connectivity index (χ2n) is 1.49. The summed E-state index contributed by atoms with van der Waals surface area (Å²) in [5, 5.41) is -0.949. The maximum absolute atomic E-state index is 5.37. The molecule has 0 amide bonds. The fourth-order valence-electron chi connectivity index (χ4n) is 0.186. The van der Waals surface area contributed by atoms with Crippen molar-refractivity contribution in [1.82, 2.24) is 0 Å². The maximum Gasteiger partial charge on any atom is 0.206 e. The molecule has 0 aromatic carbocycles. The van der Waals surface area contributed by atoms with Crippen LogP contribution >= 0.6 is 82.2 Å². The number of thiol groups is 1. The molecule has 0 rings (SSSR count). The molecule has 0 aromatic rings. The molecule has 0 aliphatic rings. The molecule has 0 bridgehead atoms. The Morgan fingerprint density at radius 3 is 1.00 bits per heavy atom. The van der Waals surface area contributed by atoms with Crippen molar-refractivity contribution in [3.05, 3.63) is 0 Å². The Kier molecular flexibility index (Phi) is 4.67. The molecule has 0 saturated heterocycles. The zero-order chi connectivity index (χ0) is 8.58. The van der Waals surface area contributed by atoms with Crippen molar-refractivity contribution in [2.45, 2.75) is 12.8 Å². The van der Waals surface area contributed by atoms with E-state index >= 15 is 0 Å². The van der Waals surface area contributed by atoms with Crippen LogP contribution in [0.5, 0.6) is 0 Å². The predicted molar refractivity (Wildman–Crippen MR) is 53.4 cm³/mol. The van der Waals surface area contributed by atoms with E-state index in [-0.39, 0.29) is 0 Å². The van der Waals surface area contributed by atoms with Crippen molar-refractivity contribution in [2.75, 3.05) is 0 Å². The van der Waals surface area contributed by atoms with Gasteiger partial charge in [-0.3, -0.25) is 0 Å². The molecule has 0 N–H and O–H groups in total. The lowest BCUT2D eigenvalue weighted by atomic mass is 10.5. The van der Waals surface area contributed by atoms with Gasteiger partial charge in [-0.05, 0) is 0 Å². The van der Waals surface area contributed by atoms with Gasteiger partial charge in [0.2, 0.25) is 7.59 Å². The minimum atomic E-state index is -1.67. The summed E-state index contributed by atoms with van der Waals surface area (Å²) in [6.07, 6.45) is 0. The number of alkyl halides is 6. The molecule has 10 heavy (non-hydrogen) atoms. The summed E-state index contributed by atoms with van der Waals surface area (Å²) in [5.41, 5.74) is 0. The zero-order valence-corrected chi connectivity index (χ0v) is 9.72. The third kappa shape index (κ3) is 4.20. The SMILES string of the molecule is SC(C(Cl)(Cl)Cl)C(Cl)(Cl)Cl. The van der Waals surface area contributed by atoms with E-state index in [4.69, 9.17) is 69.6 Å². The van der Waals surface area contributed by atoms with E-state index in [9.17, 15) is 0 Å². The van der Waals surface area contributed by atoms with Crippen LogP contribution in [0.1, 0.15) is 0 Å². The standard InChI is InChI=1S/C3H2Cl6S/c4-2(5,6)1(10)3(7,8)9/h1,10H. The zero-order valence-electron chi connectivity index (χ0n) is 4.29. The van der Waals surface area contributed by atoms with Gasteiger partial charge < -0.3 is 0 Å². The van der Waals surface area contributed by atoms with Crippen LogP contribution in [-0.4, -0.2) is 12.8 Å². The van der Waals surface area contributed by atoms with E-state index < -0.39 is 12.8 Å². The van der Waals surface area contributed by atoms with Gasteiger partial charge in [0.15, 0.2) is 0 Å². The van der Waals surface area contributed by atoms with E-state index in [0.29, 0.717) is 0 Å². The Balaban J connectivity index is 4.23. The summed E-state index contributed by atoms with van der Waals surface area (Å²) in [4.78, 5) is 0. The highest BCUT2D eigenvalue weighted by atomic mass is 35.6. The van der Waals surface area contributed by atoms with Gasteiger partial charge in [-0.15, -0.1) is 0 Å². The molecular formula is C3H2Cl6S. The molecule has 0 aromatic heterocycles. The van der Waals surface area contributed by atoms with Gasteiger partial charge in [0.1, 0.15) is 0 Å². The average molecular weight is 283 g/mol. The molecule has 0 radical (unpaired) electrons. The molecule has 0 aliphatic carbocycles. The van der Waals surface area contributed by atoms with Crippen LogP contribution in [0.15, 0.2) is 0 Å². The van der Waals surface area contributed by atoms with Crippen LogP contribution in [0.4, 0.5) is 0 Å². The van der Waals surface area contributed by atoms with Crippen molar-refractivity contribution in [3.8, 4) is 0 Å². The topological polar surface area (TPSA) is 0 Å². The minimum Gasteiger partial charge on any atom is -0.167 e. The van der Waals surface area contributed by atoms with E-state index in [1.54, 1.807) is 0 Å². The summed E-state index contributed by atoms with van der Waals surface area (Å²) < 4.78 is -3.34. The summed E-state index contributed by atoms with van der Waals surface area (Å²) in [6, 6.07) is 0. The number of hydrogen-bond acceptors (Lipinski definition) is 1. The number of hydrogen-bond donors (Lipinski definition) is 1. The van der Waals surface area contributed by atoms with Gasteiger partial charge in [0, 0.05) is 0 Å². The van der Waals surface area contributed by atoms with Gasteiger partial charge in [-0.25, -0.2) is 0 Å². The van der Waals surface area contributed by atoms with Crippen LogP contribution in [0.25, 0.3) is 0 Å². The molecule has 62 valence electrons. The highest BCUT2D eigenvalue weighted by Crippen LogP contribution is 2.46. The Labute approximate surface area is 94.4 Å². The van der Waals surface area contributed by atoms with Crippen molar-refractivity contribution in [2.24, 2.45) is 0 Å². The second kappa shape index (κ2) is 3.87. The Bertz CT molecular complexity index is 97.1. The molecule has 0 atom stereocenters.